The molecule has 2 unspecified atom stereocenters. The van der Waals surface area contributed by atoms with E-state index in [1.807, 2.05) is 126 Å². The first-order valence-corrected chi connectivity index (χ1v) is 27.5. The van der Waals surface area contributed by atoms with Crippen molar-refractivity contribution >= 4 is 62.1 Å². The summed E-state index contributed by atoms with van der Waals surface area (Å²) in [5, 5.41) is 2.29. The highest BCUT2D eigenvalue weighted by atomic mass is 15.4. The Hall–Kier alpha value is -11.1. The van der Waals surface area contributed by atoms with Crippen LogP contribution >= 0.6 is 0 Å². The third-order valence-corrected chi connectivity index (χ3v) is 15.4. The quantitative estimate of drug-likeness (QED) is 0.119. The number of fused-ring (bicyclic) bond motifs is 7. The van der Waals surface area contributed by atoms with E-state index < -0.39 is 0 Å². The summed E-state index contributed by atoms with van der Waals surface area (Å²) in [4.78, 5) is 38.5. The average Bonchev–Trinajstić information content (AvgIpc) is 4.24. The molecule has 3 aromatic heterocycles. The monoisotopic (exact) mass is 1050 g/mol. The van der Waals surface area contributed by atoms with E-state index >= 15 is 0 Å². The van der Waals surface area contributed by atoms with Crippen molar-refractivity contribution in [2.24, 2.45) is 0 Å². The molecule has 388 valence electrons. The van der Waals surface area contributed by atoms with Gasteiger partial charge < -0.3 is 14.4 Å². The minimum atomic E-state index is -0.167. The molecule has 10 aromatic carbocycles. The Morgan fingerprint density at radius 2 is 0.780 bits per heavy atom. The van der Waals surface area contributed by atoms with Gasteiger partial charge in [-0.3, -0.25) is 0 Å². The maximum absolute atomic E-state index is 5.36. The second-order valence-electron chi connectivity index (χ2n) is 20.3. The zero-order valence-electron chi connectivity index (χ0n) is 44.3. The van der Waals surface area contributed by atoms with Crippen molar-refractivity contribution in [1.29, 1.82) is 0 Å². The lowest BCUT2D eigenvalue weighted by Crippen LogP contribution is -2.31. The van der Waals surface area contributed by atoms with Gasteiger partial charge in [0.1, 0.15) is 0 Å². The van der Waals surface area contributed by atoms with Crippen LogP contribution in [-0.2, 0) is 0 Å². The van der Waals surface area contributed by atoms with Crippen LogP contribution in [0.1, 0.15) is 11.5 Å². The van der Waals surface area contributed by atoms with Gasteiger partial charge in [-0.15, -0.1) is 0 Å². The molecule has 0 bridgehead atoms. The predicted molar refractivity (Wildman–Crippen MR) is 331 cm³/mol. The van der Waals surface area contributed by atoms with Gasteiger partial charge in [0.05, 0.1) is 22.8 Å². The topological polar surface area (TPSA) is 92.0 Å². The van der Waals surface area contributed by atoms with Gasteiger partial charge in [-0.25, -0.2) is 14.9 Å². The fourth-order valence-electron chi connectivity index (χ4n) is 11.7. The number of nitrogens with zero attached hydrogens (tertiary/aromatic N) is 10. The summed E-state index contributed by atoms with van der Waals surface area (Å²) in [5.41, 5.74) is 14.1. The second-order valence-corrected chi connectivity index (χ2v) is 20.3. The van der Waals surface area contributed by atoms with Crippen molar-refractivity contribution in [3.63, 3.8) is 0 Å². The summed E-state index contributed by atoms with van der Waals surface area (Å²) < 4.78 is 2.46. The number of aromatic nitrogens is 7. The Balaban J connectivity index is 0.978. The van der Waals surface area contributed by atoms with E-state index in [2.05, 4.69) is 184 Å². The lowest BCUT2D eigenvalue weighted by molar-refractivity contribution is 0.733. The average molecular weight is 1060 g/mol. The highest BCUT2D eigenvalue weighted by molar-refractivity contribution is 6.16. The summed E-state index contributed by atoms with van der Waals surface area (Å²) in [6, 6.07) is 94.4. The lowest BCUT2D eigenvalue weighted by atomic mass is 9.89. The van der Waals surface area contributed by atoms with Gasteiger partial charge in [-0.05, 0) is 78.4 Å². The summed E-state index contributed by atoms with van der Waals surface area (Å²) in [5.74, 6) is 2.63. The number of hydrogen-bond acceptors (Lipinski definition) is 9. The van der Waals surface area contributed by atoms with E-state index in [4.69, 9.17) is 29.9 Å². The van der Waals surface area contributed by atoms with Gasteiger partial charge in [0.2, 0.25) is 11.9 Å². The molecule has 82 heavy (non-hydrogen) atoms. The second kappa shape index (κ2) is 20.6. The fourth-order valence-corrected chi connectivity index (χ4v) is 11.7. The molecule has 0 saturated heterocycles. The van der Waals surface area contributed by atoms with E-state index in [9.17, 15) is 0 Å². The summed E-state index contributed by atoms with van der Waals surface area (Å²) >= 11 is 0. The smallest absolute Gasteiger partial charge is 0.241 e. The van der Waals surface area contributed by atoms with Gasteiger partial charge in [-0.1, -0.05) is 218 Å². The maximum Gasteiger partial charge on any atom is 0.241 e. The van der Waals surface area contributed by atoms with E-state index in [0.29, 0.717) is 35.2 Å². The molecule has 0 saturated carbocycles. The van der Waals surface area contributed by atoms with Crippen molar-refractivity contribution in [2.75, 3.05) is 14.7 Å². The third-order valence-electron chi connectivity index (χ3n) is 15.4. The summed E-state index contributed by atoms with van der Waals surface area (Å²) in [7, 11) is 0. The van der Waals surface area contributed by atoms with E-state index in [-0.39, 0.29) is 12.0 Å². The number of allylic oxidation sites excluding steroid dienone is 1. The predicted octanol–water partition coefficient (Wildman–Crippen LogP) is 17.2. The number of para-hydroxylation sites is 4. The van der Waals surface area contributed by atoms with Crippen LogP contribution in [0.2, 0.25) is 0 Å². The van der Waals surface area contributed by atoms with Crippen LogP contribution in [0.15, 0.2) is 297 Å². The van der Waals surface area contributed by atoms with Crippen LogP contribution in [0, 0.1) is 0 Å². The van der Waals surface area contributed by atoms with Gasteiger partial charge >= 0.3 is 0 Å². The van der Waals surface area contributed by atoms with Crippen LogP contribution in [-0.4, -0.2) is 40.5 Å². The molecule has 10 nitrogen and oxygen atoms in total. The van der Waals surface area contributed by atoms with Gasteiger partial charge in [0.25, 0.3) is 0 Å². The van der Waals surface area contributed by atoms with E-state index in [0.717, 1.165) is 83.9 Å². The number of anilines is 7. The standard InChI is InChI=1S/C72H50N10/c1-9-25-49(26-10-1)67-73-68(50-27-11-2-12-28-50)76-71(75-67)82(72-77-69(51-29-13-3-14-30-51)74-70(78-72)52-31-15-4-16-32-52)58-42-46-64-62(48-58)60-44-43-59-61-47-57(79(53-33-17-5-18-34-53)54-35-19-6-20-36-54)41-45-63(61)80(55-37-21-7-22-38-55)65(59)66(60)81(64)56-39-23-8-24-40-56/h1-48,62,64H. The first kappa shape index (κ1) is 48.1. The number of benzene rings is 10. The van der Waals surface area contributed by atoms with E-state index in [1.54, 1.807) is 0 Å². The molecule has 15 rings (SSSR count). The Morgan fingerprint density at radius 3 is 1.24 bits per heavy atom. The highest BCUT2D eigenvalue weighted by Crippen LogP contribution is 2.54. The molecule has 1 aliphatic carbocycles. The normalized spacial score (nSPS) is 14.3. The molecule has 13 aromatic rings. The van der Waals surface area contributed by atoms with Crippen LogP contribution in [0.3, 0.4) is 0 Å². The molecule has 0 fully saturated rings. The molecule has 10 heteroatoms. The number of rotatable bonds is 12. The zero-order chi connectivity index (χ0) is 54.3. The zero-order valence-corrected chi connectivity index (χ0v) is 44.3. The molecular weight excluding hydrogens is 1000 g/mol. The van der Waals surface area contributed by atoms with Crippen LogP contribution in [0.5, 0.6) is 0 Å². The van der Waals surface area contributed by atoms with Crippen LogP contribution in [0.4, 0.5) is 40.3 Å². The number of hydrogen-bond donors (Lipinski definition) is 0. The Kier molecular flexibility index (Phi) is 12.1. The van der Waals surface area contributed by atoms with Crippen molar-refractivity contribution in [1.82, 2.24) is 34.5 Å². The molecule has 2 atom stereocenters. The Morgan fingerprint density at radius 1 is 0.354 bits per heavy atom. The minimum Gasteiger partial charge on any atom is -0.332 e. The van der Waals surface area contributed by atoms with E-state index in [1.165, 1.54) is 5.56 Å². The van der Waals surface area contributed by atoms with Gasteiger partial charge in [0.15, 0.2) is 23.3 Å². The maximum atomic E-state index is 5.36. The lowest BCUT2D eigenvalue weighted by Gasteiger charge is -2.32. The van der Waals surface area contributed by atoms with Gasteiger partial charge in [0, 0.05) is 73.1 Å². The highest BCUT2D eigenvalue weighted by Gasteiger charge is 2.42. The minimum absolute atomic E-state index is 0.130. The molecular formula is C72H50N10. The van der Waals surface area contributed by atoms with Crippen molar-refractivity contribution < 1.29 is 0 Å². The summed E-state index contributed by atoms with van der Waals surface area (Å²) in [6.07, 6.45) is 6.86. The molecule has 1 aliphatic heterocycles. The van der Waals surface area contributed by atoms with Crippen molar-refractivity contribution in [2.45, 2.75) is 12.0 Å². The molecule has 0 radical (unpaired) electrons. The first-order valence-electron chi connectivity index (χ1n) is 27.5. The largest absolute Gasteiger partial charge is 0.332 e. The third kappa shape index (κ3) is 8.63. The Labute approximate surface area is 474 Å². The first-order chi connectivity index (χ1) is 40.7. The molecule has 0 amide bonds. The SMILES string of the molecule is C1=CC2C(C=C1N(c1nc(-c3ccccc3)nc(-c3ccccc3)n1)c1nc(-c3ccccc3)nc(-c3ccccc3)n1)c1ccc3c4cc(N(c5ccccc5)c5ccccc5)ccc4n(-c4ccccc4)c3c1N2c1ccccc1. The molecule has 0 N–H and O–H groups in total. The summed E-state index contributed by atoms with van der Waals surface area (Å²) in [6.45, 7) is 0. The molecule has 4 heterocycles. The Bertz CT molecular complexity index is 4220. The fraction of sp³-hybridized carbons (Fsp3) is 0.0278. The van der Waals surface area contributed by atoms with Gasteiger partial charge in [-0.2, -0.15) is 19.9 Å². The van der Waals surface area contributed by atoms with Crippen molar-refractivity contribution in [3.8, 4) is 51.2 Å². The molecule has 2 aliphatic rings. The van der Waals surface area contributed by atoms with Crippen LogP contribution in [0.25, 0.3) is 73.0 Å². The molecule has 0 spiro atoms. The van der Waals surface area contributed by atoms with Crippen LogP contribution < -0.4 is 14.7 Å². The van der Waals surface area contributed by atoms with Crippen molar-refractivity contribution in [3.05, 3.63) is 302 Å².